The highest BCUT2D eigenvalue weighted by Gasteiger charge is 2.42. The van der Waals surface area contributed by atoms with E-state index in [0.29, 0.717) is 5.75 Å². The standard InChI is InChI=1S/C20H19N3O7/c1-29-15-9-12(7-8-13(15)11-5-3-2-4-6-11)17(22-20(21)28)19(27)30-23-16(25)10-14(24)18(23)26/h2-9,14,17,24H,10H2,1H3,(H3,21,22,28). The zero-order valence-corrected chi connectivity index (χ0v) is 15.9. The van der Waals surface area contributed by atoms with Crippen LogP contribution in [-0.4, -0.2) is 47.2 Å². The first-order chi connectivity index (χ1) is 14.3. The maximum atomic E-state index is 12.6. The SMILES string of the molecule is COc1cc(C(NC(N)=O)C(=O)ON2C(=O)CC(O)C2=O)ccc1-c1ccccc1. The number of primary amides is 1. The average molecular weight is 413 g/mol. The Bertz CT molecular complexity index is 993. The number of amides is 4. The monoisotopic (exact) mass is 413 g/mol. The zero-order chi connectivity index (χ0) is 21.8. The Labute approximate surface area is 171 Å². The number of imide groups is 1. The summed E-state index contributed by atoms with van der Waals surface area (Å²) < 4.78 is 5.41. The van der Waals surface area contributed by atoms with Gasteiger partial charge in [0.2, 0.25) is 0 Å². The van der Waals surface area contributed by atoms with Crippen molar-refractivity contribution in [2.75, 3.05) is 7.11 Å². The molecular formula is C20H19N3O7. The highest BCUT2D eigenvalue weighted by Crippen LogP contribution is 2.33. The van der Waals surface area contributed by atoms with Crippen LogP contribution in [0.25, 0.3) is 11.1 Å². The van der Waals surface area contributed by atoms with Gasteiger partial charge >= 0.3 is 12.0 Å². The van der Waals surface area contributed by atoms with Crippen LogP contribution >= 0.6 is 0 Å². The molecule has 0 bridgehead atoms. The third-order valence-corrected chi connectivity index (χ3v) is 4.43. The molecule has 10 nitrogen and oxygen atoms in total. The van der Waals surface area contributed by atoms with E-state index in [2.05, 4.69) is 5.32 Å². The van der Waals surface area contributed by atoms with Crippen molar-refractivity contribution < 1.29 is 33.9 Å². The van der Waals surface area contributed by atoms with E-state index in [1.807, 2.05) is 30.3 Å². The predicted molar refractivity (Wildman–Crippen MR) is 102 cm³/mol. The fourth-order valence-corrected chi connectivity index (χ4v) is 3.00. The van der Waals surface area contributed by atoms with Crippen molar-refractivity contribution in [1.29, 1.82) is 0 Å². The molecule has 2 aromatic rings. The molecule has 1 aliphatic rings. The van der Waals surface area contributed by atoms with Gasteiger partial charge in [-0.2, -0.15) is 0 Å². The number of carbonyl (C=O) groups is 4. The summed E-state index contributed by atoms with van der Waals surface area (Å²) in [6.07, 6.45) is -2.09. The summed E-state index contributed by atoms with van der Waals surface area (Å²) in [5.74, 6) is -2.68. The highest BCUT2D eigenvalue weighted by atomic mass is 16.7. The summed E-state index contributed by atoms with van der Waals surface area (Å²) in [5, 5.41) is 11.8. The normalized spacial score (nSPS) is 16.9. The summed E-state index contributed by atoms with van der Waals surface area (Å²) in [6.45, 7) is 0. The molecule has 4 amide bonds. The average Bonchev–Trinajstić information content (AvgIpc) is 2.98. The number of aliphatic hydroxyl groups is 1. The molecule has 0 aliphatic carbocycles. The molecule has 1 saturated heterocycles. The molecular weight excluding hydrogens is 394 g/mol. The van der Waals surface area contributed by atoms with E-state index in [9.17, 15) is 24.3 Å². The topological polar surface area (TPSA) is 148 Å². The van der Waals surface area contributed by atoms with Crippen molar-refractivity contribution in [3.63, 3.8) is 0 Å². The fourth-order valence-electron chi connectivity index (χ4n) is 3.00. The van der Waals surface area contributed by atoms with Crippen LogP contribution in [0.5, 0.6) is 5.75 Å². The van der Waals surface area contributed by atoms with Crippen LogP contribution in [0.15, 0.2) is 48.5 Å². The van der Waals surface area contributed by atoms with Crippen molar-refractivity contribution in [3.8, 4) is 16.9 Å². The second kappa shape index (κ2) is 8.62. The Balaban J connectivity index is 1.91. The number of methoxy groups -OCH3 is 1. The molecule has 2 unspecified atom stereocenters. The van der Waals surface area contributed by atoms with Gasteiger partial charge in [0.25, 0.3) is 11.8 Å². The van der Waals surface area contributed by atoms with Gasteiger partial charge in [0.1, 0.15) is 11.9 Å². The smallest absolute Gasteiger partial charge is 0.359 e. The molecule has 0 saturated carbocycles. The molecule has 0 spiro atoms. The predicted octanol–water partition coefficient (Wildman–Crippen LogP) is 0.650. The lowest BCUT2D eigenvalue weighted by Gasteiger charge is -2.21. The minimum absolute atomic E-state index is 0.179. The third kappa shape index (κ3) is 4.23. The number of hydrogen-bond acceptors (Lipinski definition) is 7. The molecule has 4 N–H and O–H groups in total. The molecule has 3 rings (SSSR count). The van der Waals surface area contributed by atoms with Crippen LogP contribution in [0, 0.1) is 0 Å². The minimum atomic E-state index is -1.59. The highest BCUT2D eigenvalue weighted by molar-refractivity contribution is 6.04. The van der Waals surface area contributed by atoms with Crippen LogP contribution in [0.1, 0.15) is 18.0 Å². The summed E-state index contributed by atoms with van der Waals surface area (Å²) in [4.78, 5) is 52.4. The molecule has 2 atom stereocenters. The van der Waals surface area contributed by atoms with E-state index in [1.54, 1.807) is 12.1 Å². The van der Waals surface area contributed by atoms with Crippen LogP contribution in [-0.2, 0) is 19.2 Å². The van der Waals surface area contributed by atoms with Gasteiger partial charge in [-0.3, -0.25) is 9.59 Å². The number of nitrogens with two attached hydrogens (primary N) is 1. The van der Waals surface area contributed by atoms with Gasteiger partial charge in [-0.1, -0.05) is 47.5 Å². The van der Waals surface area contributed by atoms with Crippen LogP contribution < -0.4 is 15.8 Å². The summed E-state index contributed by atoms with van der Waals surface area (Å²) >= 11 is 0. The van der Waals surface area contributed by atoms with Gasteiger partial charge in [-0.05, 0) is 17.2 Å². The molecule has 1 heterocycles. The lowest BCUT2D eigenvalue weighted by Crippen LogP contribution is -2.42. The first-order valence-corrected chi connectivity index (χ1v) is 8.87. The maximum Gasteiger partial charge on any atom is 0.359 e. The number of benzene rings is 2. The summed E-state index contributed by atoms with van der Waals surface area (Å²) in [6, 6.07) is 11.6. The number of ether oxygens (including phenoxy) is 1. The number of rotatable bonds is 6. The van der Waals surface area contributed by atoms with Gasteiger partial charge in [-0.25, -0.2) is 9.59 Å². The first kappa shape index (κ1) is 20.8. The van der Waals surface area contributed by atoms with Crippen LogP contribution in [0.3, 0.4) is 0 Å². The van der Waals surface area contributed by atoms with E-state index in [-0.39, 0.29) is 10.6 Å². The van der Waals surface area contributed by atoms with Crippen LogP contribution in [0.4, 0.5) is 4.79 Å². The third-order valence-electron chi connectivity index (χ3n) is 4.43. The van der Waals surface area contributed by atoms with Gasteiger partial charge in [0, 0.05) is 5.56 Å². The lowest BCUT2D eigenvalue weighted by atomic mass is 9.99. The number of hydroxylamine groups is 2. The van der Waals surface area contributed by atoms with Gasteiger partial charge in [0.05, 0.1) is 13.5 Å². The van der Waals surface area contributed by atoms with Crippen molar-refractivity contribution >= 4 is 23.8 Å². The van der Waals surface area contributed by atoms with Crippen molar-refractivity contribution in [1.82, 2.24) is 10.4 Å². The van der Waals surface area contributed by atoms with Gasteiger partial charge < -0.3 is 25.7 Å². The Morgan fingerprint density at radius 1 is 1.20 bits per heavy atom. The number of nitrogens with one attached hydrogen (secondary N) is 1. The molecule has 0 radical (unpaired) electrons. The number of nitrogens with zero attached hydrogens (tertiary/aromatic N) is 1. The second-order valence-corrected chi connectivity index (χ2v) is 6.42. The molecule has 1 aliphatic heterocycles. The maximum absolute atomic E-state index is 12.6. The Kier molecular flexibility index (Phi) is 5.98. The van der Waals surface area contributed by atoms with Gasteiger partial charge in [0.15, 0.2) is 6.04 Å². The van der Waals surface area contributed by atoms with E-state index >= 15 is 0 Å². The molecule has 0 aromatic heterocycles. The molecule has 30 heavy (non-hydrogen) atoms. The number of carbonyl (C=O) groups excluding carboxylic acids is 4. The minimum Gasteiger partial charge on any atom is -0.496 e. The second-order valence-electron chi connectivity index (χ2n) is 6.42. The fraction of sp³-hybridized carbons (Fsp3) is 0.200. The molecule has 1 fully saturated rings. The molecule has 2 aromatic carbocycles. The van der Waals surface area contributed by atoms with Crippen molar-refractivity contribution in [2.24, 2.45) is 5.73 Å². The Morgan fingerprint density at radius 3 is 2.47 bits per heavy atom. The Hall–Kier alpha value is -3.92. The molecule has 10 heteroatoms. The van der Waals surface area contributed by atoms with Crippen molar-refractivity contribution in [3.05, 3.63) is 54.1 Å². The number of urea groups is 1. The summed E-state index contributed by atoms with van der Waals surface area (Å²) in [7, 11) is 1.45. The summed E-state index contributed by atoms with van der Waals surface area (Å²) in [5.41, 5.74) is 7.02. The van der Waals surface area contributed by atoms with E-state index in [0.717, 1.165) is 11.1 Å². The van der Waals surface area contributed by atoms with E-state index in [1.165, 1.54) is 13.2 Å². The quantitative estimate of drug-likeness (QED) is 0.589. The number of hydrogen-bond donors (Lipinski definition) is 3. The first-order valence-electron chi connectivity index (χ1n) is 8.87. The zero-order valence-electron chi connectivity index (χ0n) is 15.9. The van der Waals surface area contributed by atoms with E-state index < -0.39 is 42.4 Å². The largest absolute Gasteiger partial charge is 0.496 e. The number of aliphatic hydroxyl groups excluding tert-OH is 1. The van der Waals surface area contributed by atoms with Gasteiger partial charge in [-0.15, -0.1) is 0 Å². The van der Waals surface area contributed by atoms with Crippen molar-refractivity contribution in [2.45, 2.75) is 18.6 Å². The molecule has 156 valence electrons. The lowest BCUT2D eigenvalue weighted by molar-refractivity contribution is -0.200. The van der Waals surface area contributed by atoms with Crippen LogP contribution in [0.2, 0.25) is 0 Å². The Morgan fingerprint density at radius 2 is 1.90 bits per heavy atom. The van der Waals surface area contributed by atoms with E-state index in [4.69, 9.17) is 15.3 Å².